The number of rotatable bonds is 3. The van der Waals surface area contributed by atoms with E-state index in [9.17, 15) is 4.79 Å². The van der Waals surface area contributed by atoms with Gasteiger partial charge in [0.1, 0.15) is 5.82 Å². The zero-order chi connectivity index (χ0) is 19.9. The minimum Gasteiger partial charge on any atom is -0.342 e. The van der Waals surface area contributed by atoms with Crippen LogP contribution in [0.4, 0.5) is 0 Å². The summed E-state index contributed by atoms with van der Waals surface area (Å²) >= 11 is 0. The summed E-state index contributed by atoms with van der Waals surface area (Å²) in [5, 5.41) is 0. The van der Waals surface area contributed by atoms with Crippen molar-refractivity contribution in [3.05, 3.63) is 17.2 Å². The van der Waals surface area contributed by atoms with Gasteiger partial charge in [0.15, 0.2) is 0 Å². The number of piperidine rings is 1. The summed E-state index contributed by atoms with van der Waals surface area (Å²) in [6.07, 6.45) is 9.77. The molecule has 1 amide bonds. The van der Waals surface area contributed by atoms with Crippen LogP contribution in [0, 0.1) is 11.3 Å². The molecule has 156 valence electrons. The van der Waals surface area contributed by atoms with Crippen LogP contribution in [0.5, 0.6) is 0 Å². The van der Waals surface area contributed by atoms with Crippen molar-refractivity contribution >= 4 is 5.91 Å². The highest BCUT2D eigenvalue weighted by molar-refractivity contribution is 5.81. The number of fused-ring (bicyclic) bond motifs is 1. The van der Waals surface area contributed by atoms with Crippen LogP contribution in [0.15, 0.2) is 0 Å². The average molecular weight is 387 g/mol. The Bertz CT molecular complexity index is 709. The second kappa shape index (κ2) is 7.81. The van der Waals surface area contributed by atoms with Gasteiger partial charge in [0.25, 0.3) is 0 Å². The van der Waals surface area contributed by atoms with E-state index in [0.717, 1.165) is 32.4 Å². The van der Waals surface area contributed by atoms with Gasteiger partial charge in [0.2, 0.25) is 5.91 Å². The van der Waals surface area contributed by atoms with Crippen molar-refractivity contribution in [3.8, 4) is 0 Å². The van der Waals surface area contributed by atoms with Crippen LogP contribution in [0.2, 0.25) is 0 Å². The second-order valence-electron chi connectivity index (χ2n) is 10.3. The molecule has 1 aromatic heterocycles. The van der Waals surface area contributed by atoms with E-state index in [-0.39, 0.29) is 5.41 Å². The van der Waals surface area contributed by atoms with Gasteiger partial charge in [-0.05, 0) is 63.8 Å². The lowest BCUT2D eigenvalue weighted by molar-refractivity contribution is -0.141. The number of aryl methyl sites for hydroxylation is 1. The van der Waals surface area contributed by atoms with Gasteiger partial charge >= 0.3 is 0 Å². The van der Waals surface area contributed by atoms with Crippen molar-refractivity contribution in [2.45, 2.75) is 78.2 Å². The van der Waals surface area contributed by atoms with Gasteiger partial charge in [-0.2, -0.15) is 0 Å². The van der Waals surface area contributed by atoms with E-state index in [4.69, 9.17) is 4.98 Å². The number of likely N-dealkylation sites (tertiary alicyclic amines) is 2. The van der Waals surface area contributed by atoms with Gasteiger partial charge in [-0.3, -0.25) is 9.69 Å². The molecule has 0 saturated carbocycles. The smallest absolute Gasteiger partial charge is 0.227 e. The molecule has 0 spiro atoms. The fraction of sp³-hybridized carbons (Fsp3) is 0.826. The van der Waals surface area contributed by atoms with Crippen LogP contribution in [0.3, 0.4) is 0 Å². The monoisotopic (exact) mass is 386 g/mol. The van der Waals surface area contributed by atoms with E-state index < -0.39 is 0 Å². The third kappa shape index (κ3) is 3.87. The van der Waals surface area contributed by atoms with Crippen molar-refractivity contribution in [2.75, 3.05) is 26.2 Å². The van der Waals surface area contributed by atoms with Crippen molar-refractivity contribution in [1.82, 2.24) is 19.4 Å². The Morgan fingerprint density at radius 2 is 1.75 bits per heavy atom. The molecule has 1 aromatic rings. The summed E-state index contributed by atoms with van der Waals surface area (Å²) in [5.74, 6) is 2.33. The second-order valence-corrected chi connectivity index (χ2v) is 10.3. The largest absolute Gasteiger partial charge is 0.342 e. The Hall–Kier alpha value is -1.36. The molecule has 1 unspecified atom stereocenters. The van der Waals surface area contributed by atoms with Gasteiger partial charge in [-0.15, -0.1) is 0 Å². The molecule has 5 nitrogen and oxygen atoms in total. The maximum absolute atomic E-state index is 12.5. The molecule has 1 atom stereocenters. The summed E-state index contributed by atoms with van der Waals surface area (Å²) in [6.45, 7) is 10.3. The minimum absolute atomic E-state index is 0.260. The van der Waals surface area contributed by atoms with Gasteiger partial charge in [0, 0.05) is 37.8 Å². The molecule has 0 bridgehead atoms. The molecule has 0 N–H and O–H groups in total. The summed E-state index contributed by atoms with van der Waals surface area (Å²) < 4.78 is 2.42. The topological polar surface area (TPSA) is 41.4 Å². The van der Waals surface area contributed by atoms with E-state index in [1.807, 2.05) is 20.8 Å². The Balaban J connectivity index is 1.38. The fourth-order valence-electron chi connectivity index (χ4n) is 5.47. The molecule has 3 heterocycles. The van der Waals surface area contributed by atoms with E-state index >= 15 is 0 Å². The van der Waals surface area contributed by atoms with E-state index in [0.29, 0.717) is 17.9 Å². The lowest BCUT2D eigenvalue weighted by Crippen LogP contribution is -2.45. The first kappa shape index (κ1) is 19.9. The SMILES string of the molecule is Cn1c(C2CCCN2CC2CCN(C(=O)C(C)(C)C)CC2)nc2c1CCCC2. The van der Waals surface area contributed by atoms with Gasteiger partial charge in [0.05, 0.1) is 11.7 Å². The number of nitrogens with zero attached hydrogens (tertiary/aromatic N) is 4. The molecule has 28 heavy (non-hydrogen) atoms. The van der Waals surface area contributed by atoms with Crippen molar-refractivity contribution in [1.29, 1.82) is 0 Å². The van der Waals surface area contributed by atoms with Crippen LogP contribution in [0.1, 0.15) is 82.6 Å². The maximum Gasteiger partial charge on any atom is 0.227 e. The average Bonchev–Trinajstić information content (AvgIpc) is 3.25. The molecule has 1 aliphatic carbocycles. The highest BCUT2D eigenvalue weighted by Crippen LogP contribution is 2.35. The molecule has 0 aromatic carbocycles. The highest BCUT2D eigenvalue weighted by atomic mass is 16.2. The third-order valence-corrected chi connectivity index (χ3v) is 7.11. The predicted molar refractivity (Wildman–Crippen MR) is 112 cm³/mol. The standard InChI is InChI=1S/C23H38N4O/c1-23(2,3)22(28)26-14-11-17(12-15-26)16-27-13-7-10-20(27)21-24-18-8-5-6-9-19(18)25(21)4/h17,20H,5-16H2,1-4H3. The fourth-order valence-corrected chi connectivity index (χ4v) is 5.47. The number of imidazole rings is 1. The molecule has 2 aliphatic heterocycles. The lowest BCUT2D eigenvalue weighted by Gasteiger charge is -2.37. The van der Waals surface area contributed by atoms with Crippen molar-refractivity contribution < 1.29 is 4.79 Å². The number of amides is 1. The number of hydrogen-bond acceptors (Lipinski definition) is 3. The Morgan fingerprint density at radius 1 is 1.04 bits per heavy atom. The van der Waals surface area contributed by atoms with Crippen molar-refractivity contribution in [3.63, 3.8) is 0 Å². The normalized spacial score (nSPS) is 24.6. The van der Waals surface area contributed by atoms with Crippen LogP contribution in [0.25, 0.3) is 0 Å². The van der Waals surface area contributed by atoms with Gasteiger partial charge in [-0.1, -0.05) is 20.8 Å². The zero-order valence-corrected chi connectivity index (χ0v) is 18.3. The predicted octanol–water partition coefficient (Wildman–Crippen LogP) is 3.72. The van der Waals surface area contributed by atoms with E-state index in [1.165, 1.54) is 62.4 Å². The third-order valence-electron chi connectivity index (χ3n) is 7.11. The zero-order valence-electron chi connectivity index (χ0n) is 18.3. The van der Waals surface area contributed by atoms with Crippen molar-refractivity contribution in [2.24, 2.45) is 18.4 Å². The minimum atomic E-state index is -0.260. The Morgan fingerprint density at radius 3 is 2.43 bits per heavy atom. The van der Waals surface area contributed by atoms with Gasteiger partial charge < -0.3 is 9.47 Å². The van der Waals surface area contributed by atoms with Crippen LogP contribution in [-0.2, 0) is 24.7 Å². The Kier molecular flexibility index (Phi) is 5.56. The van der Waals surface area contributed by atoms with E-state index in [1.54, 1.807) is 0 Å². The lowest BCUT2D eigenvalue weighted by atomic mass is 9.90. The summed E-state index contributed by atoms with van der Waals surface area (Å²) in [6, 6.07) is 0.491. The molecule has 5 heteroatoms. The molecule has 2 fully saturated rings. The molecular formula is C23H38N4O. The first-order chi connectivity index (χ1) is 13.3. The first-order valence-corrected chi connectivity index (χ1v) is 11.4. The summed E-state index contributed by atoms with van der Waals surface area (Å²) in [4.78, 5) is 22.4. The van der Waals surface area contributed by atoms with Gasteiger partial charge in [-0.25, -0.2) is 4.98 Å². The molecule has 4 rings (SSSR count). The molecule has 0 radical (unpaired) electrons. The number of carbonyl (C=O) groups is 1. The maximum atomic E-state index is 12.5. The highest BCUT2D eigenvalue weighted by Gasteiger charge is 2.35. The Labute approximate surface area is 170 Å². The molecule has 2 saturated heterocycles. The quantitative estimate of drug-likeness (QED) is 0.795. The van der Waals surface area contributed by atoms with Crippen LogP contribution >= 0.6 is 0 Å². The molecular weight excluding hydrogens is 348 g/mol. The number of carbonyl (C=O) groups excluding carboxylic acids is 1. The number of hydrogen-bond donors (Lipinski definition) is 0. The van der Waals surface area contributed by atoms with Crippen LogP contribution in [-0.4, -0.2) is 51.4 Å². The summed E-state index contributed by atoms with van der Waals surface area (Å²) in [5.41, 5.74) is 2.59. The summed E-state index contributed by atoms with van der Waals surface area (Å²) in [7, 11) is 2.24. The van der Waals surface area contributed by atoms with Crippen LogP contribution < -0.4 is 0 Å². The molecule has 3 aliphatic rings. The van der Waals surface area contributed by atoms with E-state index in [2.05, 4.69) is 21.4 Å². The number of aromatic nitrogens is 2. The first-order valence-electron chi connectivity index (χ1n) is 11.4.